The summed E-state index contributed by atoms with van der Waals surface area (Å²) in [5.41, 5.74) is 4.01. The maximum Gasteiger partial charge on any atom is 0.412 e. The SMILES string of the molecule is Cc1ncsc1-c1ccc(CNC(=O)[C@@H]2C[C@@H](O)CN2C(=O)[C@@H](NC(=O)CCCCCNC(=O)c2ccccc2NC(=O)OC(C)(C)C)C(C)(C)C)cc1. The first-order valence-electron chi connectivity index (χ1n) is 18.3. The van der Waals surface area contributed by atoms with Gasteiger partial charge >= 0.3 is 6.09 Å². The molecule has 5 N–H and O–H groups in total. The zero-order valence-electron chi connectivity index (χ0n) is 32.3. The third-order valence-electron chi connectivity index (χ3n) is 8.88. The van der Waals surface area contributed by atoms with Gasteiger partial charge in [-0.2, -0.15) is 0 Å². The van der Waals surface area contributed by atoms with Gasteiger partial charge in [0.25, 0.3) is 5.91 Å². The lowest BCUT2D eigenvalue weighted by Crippen LogP contribution is -2.57. The Hall–Kier alpha value is -4.82. The number of hydrogen-bond donors (Lipinski definition) is 5. The molecule has 0 radical (unpaired) electrons. The number of nitrogens with zero attached hydrogens (tertiary/aromatic N) is 2. The van der Waals surface area contributed by atoms with Crippen LogP contribution in [0.1, 0.15) is 95.3 Å². The smallest absolute Gasteiger partial charge is 0.412 e. The van der Waals surface area contributed by atoms with Crippen molar-refractivity contribution in [3.05, 3.63) is 70.9 Å². The molecule has 13 nitrogen and oxygen atoms in total. The van der Waals surface area contributed by atoms with Crippen LogP contribution in [0, 0.1) is 12.3 Å². The van der Waals surface area contributed by atoms with Crippen molar-refractivity contribution >= 4 is 46.7 Å². The summed E-state index contributed by atoms with van der Waals surface area (Å²) in [4.78, 5) is 72.3. The highest BCUT2D eigenvalue weighted by Gasteiger charge is 2.44. The molecule has 0 bridgehead atoms. The number of unbranched alkanes of at least 4 members (excludes halogenated alkanes) is 2. The number of aliphatic hydroxyl groups excluding tert-OH is 1. The summed E-state index contributed by atoms with van der Waals surface area (Å²) in [5, 5.41) is 21.8. The quantitative estimate of drug-likeness (QED) is 0.132. The fourth-order valence-electron chi connectivity index (χ4n) is 6.10. The number of aryl methyl sites for hydroxylation is 1. The van der Waals surface area contributed by atoms with Crippen LogP contribution in [0.25, 0.3) is 10.4 Å². The Morgan fingerprint density at radius 2 is 1.67 bits per heavy atom. The van der Waals surface area contributed by atoms with Gasteiger partial charge in [0, 0.05) is 32.5 Å². The van der Waals surface area contributed by atoms with Crippen LogP contribution in [0.4, 0.5) is 10.5 Å². The van der Waals surface area contributed by atoms with Crippen molar-refractivity contribution in [2.24, 2.45) is 5.41 Å². The molecule has 4 rings (SSSR count). The lowest BCUT2D eigenvalue weighted by atomic mass is 9.85. The molecule has 1 aliphatic rings. The van der Waals surface area contributed by atoms with E-state index < -0.39 is 41.2 Å². The Morgan fingerprint density at radius 3 is 2.31 bits per heavy atom. The van der Waals surface area contributed by atoms with Crippen LogP contribution in [-0.2, 0) is 25.7 Å². The van der Waals surface area contributed by atoms with Gasteiger partial charge in [0.2, 0.25) is 17.7 Å². The number of hydrogen-bond acceptors (Lipinski definition) is 9. The number of likely N-dealkylation sites (tertiary alicyclic amines) is 1. The predicted molar refractivity (Wildman–Crippen MR) is 209 cm³/mol. The van der Waals surface area contributed by atoms with Gasteiger partial charge in [0.05, 0.1) is 33.4 Å². The minimum Gasteiger partial charge on any atom is -0.444 e. The van der Waals surface area contributed by atoms with E-state index in [2.05, 4.69) is 26.3 Å². The van der Waals surface area contributed by atoms with Gasteiger partial charge < -0.3 is 30.7 Å². The normalized spacial score (nSPS) is 16.3. The summed E-state index contributed by atoms with van der Waals surface area (Å²) in [7, 11) is 0. The number of benzene rings is 2. The largest absolute Gasteiger partial charge is 0.444 e. The van der Waals surface area contributed by atoms with Crippen molar-refractivity contribution in [3.63, 3.8) is 0 Å². The topological polar surface area (TPSA) is 179 Å². The number of carbonyl (C=O) groups excluding carboxylic acids is 5. The van der Waals surface area contributed by atoms with E-state index in [4.69, 9.17) is 4.74 Å². The molecule has 1 aliphatic heterocycles. The number of nitrogens with one attached hydrogen (secondary N) is 4. The first kappa shape index (κ1) is 41.9. The van der Waals surface area contributed by atoms with Gasteiger partial charge in [-0.1, -0.05) is 63.6 Å². The van der Waals surface area contributed by atoms with E-state index in [0.29, 0.717) is 37.1 Å². The number of aliphatic hydroxyl groups is 1. The zero-order valence-corrected chi connectivity index (χ0v) is 33.1. The summed E-state index contributed by atoms with van der Waals surface area (Å²) >= 11 is 1.57. The molecule has 14 heteroatoms. The number of aromatic nitrogens is 1. The highest BCUT2D eigenvalue weighted by molar-refractivity contribution is 7.13. The molecule has 0 spiro atoms. The number of thiazole rings is 1. The first-order chi connectivity index (χ1) is 25.4. The average molecular weight is 763 g/mol. The van der Waals surface area contributed by atoms with E-state index in [0.717, 1.165) is 21.7 Å². The van der Waals surface area contributed by atoms with Crippen molar-refractivity contribution in [1.29, 1.82) is 0 Å². The van der Waals surface area contributed by atoms with E-state index in [-0.39, 0.29) is 43.7 Å². The maximum atomic E-state index is 13.9. The minimum absolute atomic E-state index is 0.00444. The second kappa shape index (κ2) is 18.5. The van der Waals surface area contributed by atoms with Gasteiger partial charge in [0.1, 0.15) is 17.7 Å². The van der Waals surface area contributed by atoms with E-state index >= 15 is 0 Å². The minimum atomic E-state index is -0.915. The van der Waals surface area contributed by atoms with Gasteiger partial charge in [-0.15, -0.1) is 11.3 Å². The summed E-state index contributed by atoms with van der Waals surface area (Å²) in [5.74, 6) is -1.43. The van der Waals surface area contributed by atoms with Crippen molar-refractivity contribution in [2.75, 3.05) is 18.4 Å². The van der Waals surface area contributed by atoms with Gasteiger partial charge in [-0.25, -0.2) is 9.78 Å². The Balaban J connectivity index is 1.24. The number of β-amino-alcohol motifs (C(OH)–C–C–N with tert-alkyl or cyclic N) is 1. The van der Waals surface area contributed by atoms with Crippen molar-refractivity contribution in [2.45, 2.75) is 111 Å². The zero-order chi connectivity index (χ0) is 39.6. The van der Waals surface area contributed by atoms with Crippen LogP contribution in [0.2, 0.25) is 0 Å². The molecule has 2 aromatic carbocycles. The maximum absolute atomic E-state index is 13.9. The Labute approximate surface area is 321 Å². The second-order valence-corrected chi connectivity index (χ2v) is 16.5. The monoisotopic (exact) mass is 762 g/mol. The molecule has 1 fully saturated rings. The fraction of sp³-hybridized carbons (Fsp3) is 0.500. The number of para-hydroxylation sites is 1. The molecular formula is C40H54N6O7S. The summed E-state index contributed by atoms with van der Waals surface area (Å²) in [6.45, 7) is 13.4. The van der Waals surface area contributed by atoms with Crippen LogP contribution in [-0.4, -0.2) is 81.6 Å². The lowest BCUT2D eigenvalue weighted by molar-refractivity contribution is -0.144. The molecular weight excluding hydrogens is 709 g/mol. The second-order valence-electron chi connectivity index (χ2n) is 15.7. The average Bonchev–Trinajstić information content (AvgIpc) is 3.71. The highest BCUT2D eigenvalue weighted by atomic mass is 32.1. The standard InChI is InChI=1S/C40H54N6O7S/c1-25-33(54-24-43-25)27-18-16-26(17-19-27)22-42-36(50)31-21-28(47)23-46(31)37(51)34(39(2,3)4)45-32(48)15-9-8-12-20-41-35(49)29-13-10-11-14-30(29)44-38(52)53-40(5,6)7/h10-11,13-14,16-19,24,28,31,34,47H,8-9,12,15,20-23H2,1-7H3,(H,41,49)(H,42,50)(H,44,52)(H,45,48)/t28-,31+,34-/m1/s1. The summed E-state index contributed by atoms with van der Waals surface area (Å²) < 4.78 is 5.29. The summed E-state index contributed by atoms with van der Waals surface area (Å²) in [6, 6.07) is 12.7. The van der Waals surface area contributed by atoms with Crippen molar-refractivity contribution in [1.82, 2.24) is 25.8 Å². The molecule has 54 heavy (non-hydrogen) atoms. The molecule has 1 aromatic heterocycles. The Bertz CT molecular complexity index is 1780. The fourth-order valence-corrected chi connectivity index (χ4v) is 6.91. The number of rotatable bonds is 14. The molecule has 3 aromatic rings. The molecule has 1 saturated heterocycles. The number of amides is 5. The number of anilines is 1. The molecule has 3 atom stereocenters. The Morgan fingerprint density at radius 1 is 0.963 bits per heavy atom. The van der Waals surface area contributed by atoms with Crippen molar-refractivity contribution < 1.29 is 33.8 Å². The highest BCUT2D eigenvalue weighted by Crippen LogP contribution is 2.28. The van der Waals surface area contributed by atoms with E-state index in [1.807, 2.05) is 57.5 Å². The first-order valence-corrected chi connectivity index (χ1v) is 19.2. The molecule has 5 amide bonds. The molecule has 292 valence electrons. The van der Waals surface area contributed by atoms with E-state index in [9.17, 15) is 29.1 Å². The summed E-state index contributed by atoms with van der Waals surface area (Å²) in [6.07, 6.45) is 0.545. The lowest BCUT2D eigenvalue weighted by Gasteiger charge is -2.35. The third kappa shape index (κ3) is 12.1. The third-order valence-corrected chi connectivity index (χ3v) is 9.86. The predicted octanol–water partition coefficient (Wildman–Crippen LogP) is 5.56. The van der Waals surface area contributed by atoms with Crippen LogP contribution in [0.3, 0.4) is 0 Å². The van der Waals surface area contributed by atoms with E-state index in [1.54, 1.807) is 56.4 Å². The molecule has 2 heterocycles. The van der Waals surface area contributed by atoms with Gasteiger partial charge in [0.15, 0.2) is 0 Å². The molecule has 0 saturated carbocycles. The van der Waals surface area contributed by atoms with Crippen LogP contribution in [0.5, 0.6) is 0 Å². The number of carbonyl (C=O) groups is 5. The van der Waals surface area contributed by atoms with Gasteiger partial charge in [-0.3, -0.25) is 24.5 Å². The van der Waals surface area contributed by atoms with Gasteiger partial charge in [-0.05, 0) is 69.2 Å². The molecule has 0 aliphatic carbocycles. The van der Waals surface area contributed by atoms with Crippen molar-refractivity contribution in [3.8, 4) is 10.4 Å². The van der Waals surface area contributed by atoms with Crippen LogP contribution >= 0.6 is 11.3 Å². The van der Waals surface area contributed by atoms with Crippen LogP contribution < -0.4 is 21.3 Å². The van der Waals surface area contributed by atoms with Crippen LogP contribution in [0.15, 0.2) is 54.0 Å². The number of ether oxygens (including phenoxy) is 1. The molecule has 0 unspecified atom stereocenters. The van der Waals surface area contributed by atoms with E-state index in [1.165, 1.54) is 4.90 Å². The Kier molecular flexibility index (Phi) is 14.3.